The second kappa shape index (κ2) is 11.3. The molecule has 0 aromatic heterocycles. The first-order valence-electron chi connectivity index (χ1n) is 13.8. The molecule has 7 atom stereocenters. The van der Waals surface area contributed by atoms with Gasteiger partial charge in [0, 0.05) is 21.6 Å². The van der Waals surface area contributed by atoms with Crippen molar-refractivity contribution < 1.29 is 24.2 Å². The molecule has 3 aliphatic heterocycles. The molecule has 3 heterocycles. The summed E-state index contributed by atoms with van der Waals surface area (Å²) in [5.41, 5.74) is 1.19. The lowest BCUT2D eigenvalue weighted by molar-refractivity contribution is -0.142. The summed E-state index contributed by atoms with van der Waals surface area (Å²) in [5.74, 6) is -1.42. The Hall–Kier alpha value is -2.75. The van der Waals surface area contributed by atoms with Crippen LogP contribution in [-0.4, -0.2) is 63.0 Å². The zero-order chi connectivity index (χ0) is 28.8. The predicted molar refractivity (Wildman–Crippen MR) is 158 cm³/mol. The van der Waals surface area contributed by atoms with E-state index >= 15 is 0 Å². The monoisotopic (exact) mass is 585 g/mol. The molecule has 3 amide bonds. The first kappa shape index (κ1) is 28.8. The summed E-state index contributed by atoms with van der Waals surface area (Å²) in [6.45, 7) is 8.11. The van der Waals surface area contributed by atoms with E-state index in [9.17, 15) is 19.5 Å². The molecule has 2 bridgehead atoms. The standard InChI is InChI=1S/C30H36ClN3O5S/c1-5-39-21-12-10-20(11-13-21)32-27(36)24-23-14-17(4)30(40-23)25(24)29(38)34(22(15-35)16(2)3)26(30)28(37)33-19-8-6-18(31)7-9-19/h6-13,16-17,22-26,35H,5,14-15H2,1-4H3,(H,32,36)(H,33,37)/t17?,22-,23-,24+,25-,26?,30?/m0/s1. The highest BCUT2D eigenvalue weighted by atomic mass is 35.5. The van der Waals surface area contributed by atoms with E-state index in [-0.39, 0.29) is 41.4 Å². The molecule has 0 radical (unpaired) electrons. The lowest BCUT2D eigenvalue weighted by Gasteiger charge is -2.40. The average Bonchev–Trinajstić information content (AvgIpc) is 3.51. The van der Waals surface area contributed by atoms with Crippen LogP contribution in [0.4, 0.5) is 11.4 Å². The number of aliphatic hydroxyl groups is 1. The van der Waals surface area contributed by atoms with Crippen LogP contribution in [0.2, 0.25) is 5.02 Å². The third-order valence-electron chi connectivity index (χ3n) is 8.59. The lowest BCUT2D eigenvalue weighted by atomic mass is 9.66. The van der Waals surface area contributed by atoms with E-state index in [4.69, 9.17) is 16.3 Å². The van der Waals surface area contributed by atoms with Gasteiger partial charge in [-0.2, -0.15) is 0 Å². The molecular formula is C30H36ClN3O5S. The van der Waals surface area contributed by atoms with Crippen molar-refractivity contribution in [3.63, 3.8) is 0 Å². The number of hydrogen-bond acceptors (Lipinski definition) is 6. The van der Waals surface area contributed by atoms with E-state index < -0.39 is 28.7 Å². The number of hydrogen-bond donors (Lipinski definition) is 3. The van der Waals surface area contributed by atoms with Gasteiger partial charge in [0.05, 0.1) is 35.8 Å². The van der Waals surface area contributed by atoms with Gasteiger partial charge in [0.15, 0.2) is 0 Å². The van der Waals surface area contributed by atoms with Crippen LogP contribution in [0, 0.1) is 23.7 Å². The maximum Gasteiger partial charge on any atom is 0.248 e. The molecule has 1 spiro atoms. The van der Waals surface area contributed by atoms with Crippen LogP contribution in [0.3, 0.4) is 0 Å². The molecular weight excluding hydrogens is 550 g/mol. The first-order chi connectivity index (χ1) is 19.1. The van der Waals surface area contributed by atoms with E-state index in [1.54, 1.807) is 65.2 Å². The largest absolute Gasteiger partial charge is 0.494 e. The van der Waals surface area contributed by atoms with Gasteiger partial charge in [0.25, 0.3) is 0 Å². The third-order valence-corrected chi connectivity index (χ3v) is 10.9. The zero-order valence-electron chi connectivity index (χ0n) is 23.1. The fraction of sp³-hybridized carbons (Fsp3) is 0.500. The molecule has 0 aliphatic carbocycles. The van der Waals surface area contributed by atoms with Crippen molar-refractivity contribution in [2.75, 3.05) is 23.8 Å². The van der Waals surface area contributed by atoms with Crippen LogP contribution >= 0.6 is 23.4 Å². The number of amides is 3. The number of nitrogens with zero attached hydrogens (tertiary/aromatic N) is 1. The van der Waals surface area contributed by atoms with Crippen LogP contribution in [0.5, 0.6) is 5.75 Å². The van der Waals surface area contributed by atoms with Gasteiger partial charge < -0.3 is 25.4 Å². The molecule has 40 heavy (non-hydrogen) atoms. The summed E-state index contributed by atoms with van der Waals surface area (Å²) in [6, 6.07) is 12.6. The zero-order valence-corrected chi connectivity index (χ0v) is 24.7. The molecule has 3 unspecified atom stereocenters. The second-order valence-corrected chi connectivity index (χ2v) is 13.2. The summed E-state index contributed by atoms with van der Waals surface area (Å²) >= 11 is 7.64. The highest BCUT2D eigenvalue weighted by Crippen LogP contribution is 2.69. The minimum absolute atomic E-state index is 0.0171. The van der Waals surface area contributed by atoms with Crippen molar-refractivity contribution in [1.29, 1.82) is 0 Å². The number of thioether (sulfide) groups is 1. The Bertz CT molecular complexity index is 1270. The Morgan fingerprint density at radius 1 is 1.10 bits per heavy atom. The average molecular weight is 586 g/mol. The highest BCUT2D eigenvalue weighted by molar-refractivity contribution is 8.02. The fourth-order valence-corrected chi connectivity index (χ4v) is 9.34. The van der Waals surface area contributed by atoms with E-state index in [0.29, 0.717) is 28.8 Å². The number of aliphatic hydroxyl groups excluding tert-OH is 1. The molecule has 3 fully saturated rings. The van der Waals surface area contributed by atoms with Crippen molar-refractivity contribution in [3.05, 3.63) is 53.6 Å². The SMILES string of the molecule is CCOc1ccc(NC(=O)[C@@H]2[C@@H]3CC(C)C4(S3)C(C(=O)Nc3ccc(Cl)cc3)N([C@@H](CO)C(C)C)C(=O)[C@H]24)cc1. The van der Waals surface area contributed by atoms with Gasteiger partial charge in [0.2, 0.25) is 17.7 Å². The molecule has 2 aromatic rings. The number of likely N-dealkylation sites (tertiary alicyclic amines) is 1. The van der Waals surface area contributed by atoms with Crippen molar-refractivity contribution >= 4 is 52.5 Å². The smallest absolute Gasteiger partial charge is 0.248 e. The van der Waals surface area contributed by atoms with Crippen molar-refractivity contribution in [1.82, 2.24) is 4.90 Å². The van der Waals surface area contributed by atoms with Crippen molar-refractivity contribution in [3.8, 4) is 5.75 Å². The Balaban J connectivity index is 1.49. The number of benzene rings is 2. The Kier molecular flexibility index (Phi) is 8.10. The Morgan fingerprint density at radius 2 is 1.70 bits per heavy atom. The quantitative estimate of drug-likeness (QED) is 0.395. The van der Waals surface area contributed by atoms with E-state index in [1.807, 2.05) is 20.8 Å². The minimum Gasteiger partial charge on any atom is -0.494 e. The summed E-state index contributed by atoms with van der Waals surface area (Å²) < 4.78 is 4.71. The summed E-state index contributed by atoms with van der Waals surface area (Å²) in [7, 11) is 0. The number of halogens is 1. The molecule has 3 N–H and O–H groups in total. The van der Waals surface area contributed by atoms with E-state index in [1.165, 1.54) is 0 Å². The molecule has 10 heteroatoms. The van der Waals surface area contributed by atoms with Crippen LogP contribution in [0.15, 0.2) is 48.5 Å². The van der Waals surface area contributed by atoms with E-state index in [0.717, 1.165) is 6.42 Å². The minimum atomic E-state index is -0.839. The second-order valence-electron chi connectivity index (χ2n) is 11.2. The predicted octanol–water partition coefficient (Wildman–Crippen LogP) is 4.67. The van der Waals surface area contributed by atoms with Crippen LogP contribution in [0.25, 0.3) is 0 Å². The molecule has 2 aromatic carbocycles. The third kappa shape index (κ3) is 4.76. The van der Waals surface area contributed by atoms with Gasteiger partial charge >= 0.3 is 0 Å². The number of fused-ring (bicyclic) bond motifs is 1. The molecule has 0 saturated carbocycles. The number of rotatable bonds is 9. The number of ether oxygens (including phenoxy) is 1. The van der Waals surface area contributed by atoms with Crippen LogP contribution in [-0.2, 0) is 14.4 Å². The fourth-order valence-electron chi connectivity index (χ4n) is 6.81. The van der Waals surface area contributed by atoms with Crippen LogP contribution in [0.1, 0.15) is 34.1 Å². The molecule has 214 valence electrons. The maximum atomic E-state index is 14.3. The topological polar surface area (TPSA) is 108 Å². The Labute approximate surface area is 244 Å². The molecule has 8 nitrogen and oxygen atoms in total. The lowest BCUT2D eigenvalue weighted by Crippen LogP contribution is -2.57. The van der Waals surface area contributed by atoms with Gasteiger partial charge in [-0.1, -0.05) is 32.4 Å². The number of anilines is 2. The van der Waals surface area contributed by atoms with Crippen molar-refractivity contribution in [2.24, 2.45) is 23.7 Å². The molecule has 5 rings (SSSR count). The van der Waals surface area contributed by atoms with Gasteiger partial charge in [0.1, 0.15) is 11.8 Å². The van der Waals surface area contributed by atoms with Crippen LogP contribution < -0.4 is 15.4 Å². The van der Waals surface area contributed by atoms with Gasteiger partial charge in [-0.15, -0.1) is 11.8 Å². The number of carbonyl (C=O) groups excluding carboxylic acids is 3. The molecule has 3 aliphatic rings. The first-order valence-corrected chi connectivity index (χ1v) is 15.1. The summed E-state index contributed by atoms with van der Waals surface area (Å²) in [4.78, 5) is 43.8. The number of carbonyl (C=O) groups is 3. The Morgan fingerprint density at radius 3 is 2.27 bits per heavy atom. The number of nitrogens with one attached hydrogen (secondary N) is 2. The summed E-state index contributed by atoms with van der Waals surface area (Å²) in [6.07, 6.45) is 0.722. The summed E-state index contributed by atoms with van der Waals surface area (Å²) in [5, 5.41) is 16.8. The van der Waals surface area contributed by atoms with E-state index in [2.05, 4.69) is 17.6 Å². The highest BCUT2D eigenvalue weighted by Gasteiger charge is 2.76. The normalized spacial score (nSPS) is 29.4. The molecule has 3 saturated heterocycles. The maximum absolute atomic E-state index is 14.3. The van der Waals surface area contributed by atoms with Crippen molar-refractivity contribution in [2.45, 2.75) is 56.2 Å². The van der Waals surface area contributed by atoms with Gasteiger partial charge in [-0.05, 0) is 73.7 Å². The van der Waals surface area contributed by atoms with Gasteiger partial charge in [-0.3, -0.25) is 14.4 Å². The van der Waals surface area contributed by atoms with Gasteiger partial charge in [-0.25, -0.2) is 0 Å².